The van der Waals surface area contributed by atoms with Crippen LogP contribution in [0.4, 0.5) is 8.78 Å². The van der Waals surface area contributed by atoms with Gasteiger partial charge in [-0.2, -0.15) is 0 Å². The second-order valence-electron chi connectivity index (χ2n) is 4.99. The van der Waals surface area contributed by atoms with Crippen molar-refractivity contribution < 1.29 is 13.9 Å². The molecule has 0 bridgehead atoms. The summed E-state index contributed by atoms with van der Waals surface area (Å²) in [5.41, 5.74) is 1.45. The van der Waals surface area contributed by atoms with Crippen LogP contribution in [0.1, 0.15) is 18.1 Å². The lowest BCUT2D eigenvalue weighted by molar-refractivity contribution is 0.394. The summed E-state index contributed by atoms with van der Waals surface area (Å²) < 4.78 is 26.5. The standard InChI is InChI=1S/C16H16ClF2NO/c1-10(6-12-4-2-3-5-13(12)17)20-9-11-7-14(18)16(21)15(19)8-11/h2-5,7-8,10,20-21H,6,9H2,1H3. The summed E-state index contributed by atoms with van der Waals surface area (Å²) in [5.74, 6) is -2.85. The van der Waals surface area contributed by atoms with Crippen molar-refractivity contribution in [2.24, 2.45) is 0 Å². The van der Waals surface area contributed by atoms with Crippen LogP contribution < -0.4 is 5.32 Å². The van der Waals surface area contributed by atoms with Crippen molar-refractivity contribution in [3.8, 4) is 5.75 Å². The molecule has 0 aliphatic carbocycles. The highest BCUT2D eigenvalue weighted by Gasteiger charge is 2.11. The van der Waals surface area contributed by atoms with Crippen LogP contribution in [0.25, 0.3) is 0 Å². The highest BCUT2D eigenvalue weighted by atomic mass is 35.5. The topological polar surface area (TPSA) is 32.3 Å². The van der Waals surface area contributed by atoms with Crippen molar-refractivity contribution in [3.05, 3.63) is 64.2 Å². The van der Waals surface area contributed by atoms with Crippen molar-refractivity contribution >= 4 is 11.6 Å². The maximum atomic E-state index is 13.2. The van der Waals surface area contributed by atoms with Crippen LogP contribution in [0.3, 0.4) is 0 Å². The molecule has 0 amide bonds. The van der Waals surface area contributed by atoms with E-state index in [1.54, 1.807) is 0 Å². The number of aromatic hydroxyl groups is 1. The van der Waals surface area contributed by atoms with E-state index in [9.17, 15) is 8.78 Å². The summed E-state index contributed by atoms with van der Waals surface area (Å²) in [4.78, 5) is 0. The molecule has 0 saturated heterocycles. The lowest BCUT2D eigenvalue weighted by Crippen LogP contribution is -2.27. The van der Waals surface area contributed by atoms with Crippen molar-refractivity contribution in [2.45, 2.75) is 25.9 Å². The second-order valence-corrected chi connectivity index (χ2v) is 5.39. The van der Waals surface area contributed by atoms with Crippen LogP contribution in [-0.2, 0) is 13.0 Å². The van der Waals surface area contributed by atoms with Gasteiger partial charge in [0, 0.05) is 17.6 Å². The molecule has 0 aromatic heterocycles. The molecular weight excluding hydrogens is 296 g/mol. The molecule has 1 atom stereocenters. The van der Waals surface area contributed by atoms with Crippen LogP contribution in [0, 0.1) is 11.6 Å². The van der Waals surface area contributed by atoms with Gasteiger partial charge in [0.1, 0.15) is 0 Å². The van der Waals surface area contributed by atoms with Crippen LogP contribution in [0.2, 0.25) is 5.02 Å². The van der Waals surface area contributed by atoms with Gasteiger partial charge >= 0.3 is 0 Å². The molecule has 0 fully saturated rings. The van der Waals surface area contributed by atoms with E-state index in [0.29, 0.717) is 23.6 Å². The molecule has 1 unspecified atom stereocenters. The predicted octanol–water partition coefficient (Wildman–Crippen LogP) is 4.04. The quantitative estimate of drug-likeness (QED) is 0.873. The van der Waals surface area contributed by atoms with Gasteiger partial charge in [0.2, 0.25) is 0 Å². The lowest BCUT2D eigenvalue weighted by Gasteiger charge is -2.15. The van der Waals surface area contributed by atoms with Crippen LogP contribution in [0.15, 0.2) is 36.4 Å². The summed E-state index contributed by atoms with van der Waals surface area (Å²) in [6.07, 6.45) is 0.711. The fraction of sp³-hybridized carbons (Fsp3) is 0.250. The van der Waals surface area contributed by atoms with E-state index in [1.807, 2.05) is 31.2 Å². The molecular formula is C16H16ClF2NO. The van der Waals surface area contributed by atoms with Gasteiger partial charge in [-0.1, -0.05) is 29.8 Å². The van der Waals surface area contributed by atoms with E-state index in [4.69, 9.17) is 16.7 Å². The summed E-state index contributed by atoms with van der Waals surface area (Å²) in [6.45, 7) is 2.27. The van der Waals surface area contributed by atoms with Gasteiger partial charge in [-0.25, -0.2) is 8.78 Å². The minimum atomic E-state index is -0.953. The molecule has 0 aliphatic rings. The monoisotopic (exact) mass is 311 g/mol. The zero-order valence-electron chi connectivity index (χ0n) is 11.5. The SMILES string of the molecule is CC(Cc1ccccc1Cl)NCc1cc(F)c(O)c(F)c1. The normalized spacial score (nSPS) is 12.4. The maximum Gasteiger partial charge on any atom is 0.187 e. The number of phenolic OH excluding ortho intramolecular Hbond substituents is 1. The average molecular weight is 312 g/mol. The second kappa shape index (κ2) is 6.87. The van der Waals surface area contributed by atoms with Gasteiger partial charge in [0.15, 0.2) is 17.4 Å². The van der Waals surface area contributed by atoms with Crippen molar-refractivity contribution in [1.82, 2.24) is 5.32 Å². The Morgan fingerprint density at radius 2 is 1.81 bits per heavy atom. The number of nitrogens with one attached hydrogen (secondary N) is 1. The van der Waals surface area contributed by atoms with Gasteiger partial charge in [0.05, 0.1) is 0 Å². The largest absolute Gasteiger partial charge is 0.503 e. The molecule has 0 radical (unpaired) electrons. The Morgan fingerprint density at radius 3 is 2.43 bits per heavy atom. The predicted molar refractivity (Wildman–Crippen MR) is 79.5 cm³/mol. The molecule has 112 valence electrons. The molecule has 0 aliphatic heterocycles. The first-order valence-corrected chi connectivity index (χ1v) is 6.99. The van der Waals surface area contributed by atoms with E-state index < -0.39 is 17.4 Å². The van der Waals surface area contributed by atoms with Crippen molar-refractivity contribution in [1.29, 1.82) is 0 Å². The Morgan fingerprint density at radius 1 is 1.19 bits per heavy atom. The number of halogens is 3. The first-order valence-electron chi connectivity index (χ1n) is 6.61. The fourth-order valence-corrected chi connectivity index (χ4v) is 2.29. The van der Waals surface area contributed by atoms with Crippen LogP contribution in [0.5, 0.6) is 5.75 Å². The van der Waals surface area contributed by atoms with E-state index in [2.05, 4.69) is 5.32 Å². The summed E-state index contributed by atoms with van der Waals surface area (Å²) in [6, 6.07) is 9.88. The third-order valence-electron chi connectivity index (χ3n) is 3.22. The molecule has 0 spiro atoms. The Labute approximate surface area is 127 Å². The third kappa shape index (κ3) is 4.16. The Kier molecular flexibility index (Phi) is 5.15. The number of hydrogen-bond acceptors (Lipinski definition) is 2. The Balaban J connectivity index is 1.95. The van der Waals surface area contributed by atoms with E-state index in [-0.39, 0.29) is 6.04 Å². The van der Waals surface area contributed by atoms with Crippen LogP contribution in [-0.4, -0.2) is 11.1 Å². The number of rotatable bonds is 5. The van der Waals surface area contributed by atoms with Crippen molar-refractivity contribution in [2.75, 3.05) is 0 Å². The lowest BCUT2D eigenvalue weighted by atomic mass is 10.1. The average Bonchev–Trinajstić information content (AvgIpc) is 2.45. The van der Waals surface area contributed by atoms with Gasteiger partial charge in [-0.05, 0) is 42.7 Å². The van der Waals surface area contributed by atoms with Gasteiger partial charge < -0.3 is 10.4 Å². The molecule has 2 nitrogen and oxygen atoms in total. The van der Waals surface area contributed by atoms with Gasteiger partial charge in [-0.3, -0.25) is 0 Å². The van der Waals surface area contributed by atoms with Gasteiger partial charge in [0.25, 0.3) is 0 Å². The summed E-state index contributed by atoms with van der Waals surface area (Å²) in [7, 11) is 0. The molecule has 0 heterocycles. The molecule has 2 N–H and O–H groups in total. The molecule has 2 aromatic carbocycles. The molecule has 2 aromatic rings. The highest BCUT2D eigenvalue weighted by Crippen LogP contribution is 2.21. The maximum absolute atomic E-state index is 13.2. The van der Waals surface area contributed by atoms with Crippen LogP contribution >= 0.6 is 11.6 Å². The van der Waals surface area contributed by atoms with Gasteiger partial charge in [-0.15, -0.1) is 0 Å². The molecule has 5 heteroatoms. The number of benzene rings is 2. The summed E-state index contributed by atoms with van der Waals surface area (Å²) >= 11 is 6.09. The van der Waals surface area contributed by atoms with E-state index in [1.165, 1.54) is 0 Å². The Hall–Kier alpha value is -1.65. The van der Waals surface area contributed by atoms with E-state index in [0.717, 1.165) is 17.7 Å². The molecule has 2 rings (SSSR count). The first-order chi connectivity index (χ1) is 9.97. The van der Waals surface area contributed by atoms with Crippen molar-refractivity contribution in [3.63, 3.8) is 0 Å². The zero-order chi connectivity index (χ0) is 15.4. The number of hydrogen-bond donors (Lipinski definition) is 2. The number of phenols is 1. The summed E-state index contributed by atoms with van der Waals surface area (Å²) in [5, 5.41) is 12.9. The fourth-order valence-electron chi connectivity index (χ4n) is 2.08. The minimum Gasteiger partial charge on any atom is -0.503 e. The smallest absolute Gasteiger partial charge is 0.187 e. The third-order valence-corrected chi connectivity index (χ3v) is 3.58. The zero-order valence-corrected chi connectivity index (χ0v) is 12.3. The van der Waals surface area contributed by atoms with E-state index >= 15 is 0 Å². The minimum absolute atomic E-state index is 0.0878. The first kappa shape index (κ1) is 15.7. The molecule has 0 saturated carbocycles. The highest BCUT2D eigenvalue weighted by molar-refractivity contribution is 6.31. The molecule has 21 heavy (non-hydrogen) atoms. The Bertz CT molecular complexity index is 610.